The van der Waals surface area contributed by atoms with E-state index in [-0.39, 0.29) is 17.9 Å². The van der Waals surface area contributed by atoms with Crippen LogP contribution in [0.25, 0.3) is 0 Å². The van der Waals surface area contributed by atoms with E-state index < -0.39 is 0 Å². The molecule has 0 saturated heterocycles. The topological polar surface area (TPSA) is 52.6 Å². The summed E-state index contributed by atoms with van der Waals surface area (Å²) in [6.07, 6.45) is 3.12. The number of ether oxygens (including phenoxy) is 2. The molecule has 2 rings (SSSR count). The first-order valence-corrected chi connectivity index (χ1v) is 8.32. The fourth-order valence-electron chi connectivity index (χ4n) is 2.89. The monoisotopic (exact) mass is 310 g/mol. The molecule has 1 unspecified atom stereocenters. The lowest BCUT2D eigenvalue weighted by Gasteiger charge is -2.22. The molecular weight excluding hydrogens is 288 g/mol. The van der Waals surface area contributed by atoms with Crippen molar-refractivity contribution < 1.29 is 19.1 Å². The Bertz CT molecular complexity index is 533. The average molecular weight is 310 g/mol. The molecule has 1 atom stereocenters. The van der Waals surface area contributed by atoms with Gasteiger partial charge in [0.2, 0.25) is 0 Å². The number of thiophene rings is 1. The summed E-state index contributed by atoms with van der Waals surface area (Å²) in [5.41, 5.74) is 1.82. The minimum atomic E-state index is -0.232. The van der Waals surface area contributed by atoms with Crippen LogP contribution >= 0.6 is 11.3 Å². The van der Waals surface area contributed by atoms with E-state index in [0.717, 1.165) is 35.3 Å². The number of hydrogen-bond acceptors (Lipinski definition) is 5. The van der Waals surface area contributed by atoms with Gasteiger partial charge in [-0.25, -0.2) is 4.79 Å². The van der Waals surface area contributed by atoms with Gasteiger partial charge in [-0.3, -0.25) is 4.79 Å². The molecule has 0 saturated carbocycles. The lowest BCUT2D eigenvalue weighted by atomic mass is 9.84. The maximum Gasteiger partial charge on any atom is 0.339 e. The van der Waals surface area contributed by atoms with Gasteiger partial charge in [0.05, 0.1) is 18.8 Å². The van der Waals surface area contributed by atoms with Crippen molar-refractivity contribution in [2.24, 2.45) is 5.92 Å². The highest BCUT2D eigenvalue weighted by Crippen LogP contribution is 2.37. The average Bonchev–Trinajstić information content (AvgIpc) is 2.74. The quantitative estimate of drug-likeness (QED) is 0.783. The maximum absolute atomic E-state index is 12.1. The first kappa shape index (κ1) is 16.0. The zero-order valence-corrected chi connectivity index (χ0v) is 13.7. The molecule has 5 heteroatoms. The molecule has 1 aliphatic rings. The van der Waals surface area contributed by atoms with Crippen LogP contribution in [-0.2, 0) is 27.1 Å². The molecule has 116 valence electrons. The molecule has 0 N–H and O–H groups in total. The van der Waals surface area contributed by atoms with Crippen LogP contribution in [0.3, 0.4) is 0 Å². The van der Waals surface area contributed by atoms with Crippen molar-refractivity contribution >= 4 is 23.3 Å². The molecule has 1 aliphatic carbocycles. The SMILES string of the molecule is CCOC(=O)CC1CCc2sc(C)c(C(=O)OCC)c2C1. The molecule has 0 radical (unpaired) electrons. The fraction of sp³-hybridized carbons (Fsp3) is 0.625. The number of carbonyl (C=O) groups excluding carboxylic acids is 2. The van der Waals surface area contributed by atoms with E-state index in [1.807, 2.05) is 20.8 Å². The van der Waals surface area contributed by atoms with Crippen molar-refractivity contribution in [3.8, 4) is 0 Å². The van der Waals surface area contributed by atoms with Crippen LogP contribution in [0, 0.1) is 12.8 Å². The van der Waals surface area contributed by atoms with E-state index in [2.05, 4.69) is 0 Å². The van der Waals surface area contributed by atoms with Gasteiger partial charge in [-0.1, -0.05) is 0 Å². The Labute approximate surface area is 129 Å². The van der Waals surface area contributed by atoms with Crippen LogP contribution in [0.1, 0.15) is 52.4 Å². The zero-order valence-electron chi connectivity index (χ0n) is 12.9. The summed E-state index contributed by atoms with van der Waals surface area (Å²) in [5.74, 6) is -0.112. The number of hydrogen-bond donors (Lipinski definition) is 0. The number of rotatable bonds is 5. The lowest BCUT2D eigenvalue weighted by molar-refractivity contribution is -0.144. The summed E-state index contributed by atoms with van der Waals surface area (Å²) in [5, 5.41) is 0. The standard InChI is InChI=1S/C16H22O4S/c1-4-19-14(17)9-11-6-7-13-12(8-11)15(10(3)21-13)16(18)20-5-2/h11H,4-9H2,1-3H3. The van der Waals surface area contributed by atoms with Gasteiger partial charge < -0.3 is 9.47 Å². The van der Waals surface area contributed by atoms with Crippen LogP contribution in [-0.4, -0.2) is 25.2 Å². The van der Waals surface area contributed by atoms with Gasteiger partial charge in [0, 0.05) is 16.2 Å². The summed E-state index contributed by atoms with van der Waals surface area (Å²) in [7, 11) is 0. The minimum Gasteiger partial charge on any atom is -0.466 e. The second-order valence-corrected chi connectivity index (χ2v) is 6.58. The van der Waals surface area contributed by atoms with Gasteiger partial charge in [-0.15, -0.1) is 11.3 Å². The summed E-state index contributed by atoms with van der Waals surface area (Å²) < 4.78 is 10.2. The Morgan fingerprint density at radius 2 is 1.95 bits per heavy atom. The van der Waals surface area contributed by atoms with Crippen LogP contribution in [0.15, 0.2) is 0 Å². The fourth-order valence-corrected chi connectivity index (χ4v) is 4.10. The van der Waals surface area contributed by atoms with Gasteiger partial charge in [0.15, 0.2) is 0 Å². The Kier molecular flexibility index (Phi) is 5.39. The molecule has 0 amide bonds. The van der Waals surface area contributed by atoms with Crippen LogP contribution in [0.5, 0.6) is 0 Å². The third kappa shape index (κ3) is 3.64. The van der Waals surface area contributed by atoms with Gasteiger partial charge in [-0.2, -0.15) is 0 Å². The molecular formula is C16H22O4S. The van der Waals surface area contributed by atoms with E-state index in [0.29, 0.717) is 19.6 Å². The smallest absolute Gasteiger partial charge is 0.339 e. The summed E-state index contributed by atoms with van der Waals surface area (Å²) >= 11 is 1.69. The van der Waals surface area contributed by atoms with Crippen molar-refractivity contribution in [3.63, 3.8) is 0 Å². The first-order valence-electron chi connectivity index (χ1n) is 7.50. The molecule has 0 fully saturated rings. The molecule has 1 heterocycles. The summed E-state index contributed by atoms with van der Waals surface area (Å²) in [6.45, 7) is 6.40. The van der Waals surface area contributed by atoms with Gasteiger partial charge in [0.25, 0.3) is 0 Å². The highest BCUT2D eigenvalue weighted by Gasteiger charge is 2.29. The molecule has 1 aromatic heterocycles. The number of carbonyl (C=O) groups is 2. The van der Waals surface area contributed by atoms with E-state index in [1.54, 1.807) is 11.3 Å². The summed E-state index contributed by atoms with van der Waals surface area (Å²) in [6, 6.07) is 0. The third-order valence-corrected chi connectivity index (χ3v) is 4.99. The molecule has 0 aromatic carbocycles. The second-order valence-electron chi connectivity index (χ2n) is 5.27. The second kappa shape index (κ2) is 7.07. The zero-order chi connectivity index (χ0) is 15.4. The molecule has 21 heavy (non-hydrogen) atoms. The number of fused-ring (bicyclic) bond motifs is 1. The van der Waals surface area contributed by atoms with Crippen LogP contribution in [0.4, 0.5) is 0 Å². The summed E-state index contributed by atoms with van der Waals surface area (Å²) in [4.78, 5) is 26.1. The van der Waals surface area contributed by atoms with Crippen LogP contribution < -0.4 is 0 Å². The Morgan fingerprint density at radius 1 is 1.24 bits per heavy atom. The minimum absolute atomic E-state index is 0.143. The van der Waals surface area contributed by atoms with E-state index >= 15 is 0 Å². The van der Waals surface area contributed by atoms with Crippen LogP contribution in [0.2, 0.25) is 0 Å². The van der Waals surface area contributed by atoms with Crippen molar-refractivity contribution in [3.05, 3.63) is 20.9 Å². The van der Waals surface area contributed by atoms with Crippen molar-refractivity contribution in [1.29, 1.82) is 0 Å². The third-order valence-electron chi connectivity index (χ3n) is 3.78. The molecule has 0 bridgehead atoms. The van der Waals surface area contributed by atoms with Gasteiger partial charge in [-0.05, 0) is 51.5 Å². The predicted molar refractivity (Wildman–Crippen MR) is 81.8 cm³/mol. The van der Waals surface area contributed by atoms with Gasteiger partial charge >= 0.3 is 11.9 Å². The lowest BCUT2D eigenvalue weighted by Crippen LogP contribution is -2.20. The molecule has 0 spiro atoms. The van der Waals surface area contributed by atoms with E-state index in [9.17, 15) is 9.59 Å². The van der Waals surface area contributed by atoms with Crippen molar-refractivity contribution in [2.45, 2.75) is 46.5 Å². The van der Waals surface area contributed by atoms with E-state index in [1.165, 1.54) is 4.88 Å². The Balaban J connectivity index is 2.15. The predicted octanol–water partition coefficient (Wildman–Crippen LogP) is 3.29. The molecule has 4 nitrogen and oxygen atoms in total. The van der Waals surface area contributed by atoms with Gasteiger partial charge in [0.1, 0.15) is 0 Å². The number of esters is 2. The molecule has 0 aliphatic heterocycles. The Morgan fingerprint density at radius 3 is 2.62 bits per heavy atom. The van der Waals surface area contributed by atoms with Crippen molar-refractivity contribution in [2.75, 3.05) is 13.2 Å². The van der Waals surface area contributed by atoms with Crippen molar-refractivity contribution in [1.82, 2.24) is 0 Å². The highest BCUT2D eigenvalue weighted by atomic mass is 32.1. The maximum atomic E-state index is 12.1. The highest BCUT2D eigenvalue weighted by molar-refractivity contribution is 7.12. The Hall–Kier alpha value is -1.36. The first-order chi connectivity index (χ1) is 10.1. The normalized spacial score (nSPS) is 17.2. The number of aryl methyl sites for hydroxylation is 2. The van der Waals surface area contributed by atoms with E-state index in [4.69, 9.17) is 9.47 Å². The molecule has 1 aromatic rings. The largest absolute Gasteiger partial charge is 0.466 e.